The molecule has 1 aromatic heterocycles. The van der Waals surface area contributed by atoms with Crippen molar-refractivity contribution in [3.05, 3.63) is 58.3 Å². The van der Waals surface area contributed by atoms with Gasteiger partial charge in [0.25, 0.3) is 0 Å². The van der Waals surface area contributed by atoms with E-state index in [0.717, 1.165) is 0 Å². The molecular formula is C16H19NS. The van der Waals surface area contributed by atoms with Gasteiger partial charge in [-0.25, -0.2) is 0 Å². The van der Waals surface area contributed by atoms with Crippen LogP contribution in [0, 0.1) is 0 Å². The zero-order valence-corrected chi connectivity index (χ0v) is 11.5. The average molecular weight is 257 g/mol. The molecule has 0 bridgehead atoms. The van der Waals surface area contributed by atoms with E-state index >= 15 is 0 Å². The van der Waals surface area contributed by atoms with Gasteiger partial charge in [0.15, 0.2) is 0 Å². The average Bonchev–Trinajstić information content (AvgIpc) is 2.88. The fourth-order valence-electron chi connectivity index (χ4n) is 3.27. The van der Waals surface area contributed by atoms with Gasteiger partial charge in [-0.2, -0.15) is 11.3 Å². The summed E-state index contributed by atoms with van der Waals surface area (Å²) in [6, 6.07) is 13.7. The monoisotopic (exact) mass is 257 g/mol. The predicted molar refractivity (Wildman–Crippen MR) is 78.1 cm³/mol. The maximum atomic E-state index is 3.55. The second-order valence-corrected chi connectivity index (χ2v) is 5.93. The fourth-order valence-corrected chi connectivity index (χ4v) is 3.96. The molecule has 1 aromatic carbocycles. The van der Waals surface area contributed by atoms with Crippen LogP contribution in [0.5, 0.6) is 0 Å². The van der Waals surface area contributed by atoms with Gasteiger partial charge in [0, 0.05) is 11.5 Å². The van der Waals surface area contributed by atoms with Crippen molar-refractivity contribution in [3.63, 3.8) is 0 Å². The molecule has 1 atom stereocenters. The lowest BCUT2D eigenvalue weighted by molar-refractivity contribution is 0.176. The van der Waals surface area contributed by atoms with Crippen LogP contribution >= 0.6 is 11.3 Å². The third-order valence-corrected chi connectivity index (χ3v) is 5.01. The molecule has 1 fully saturated rings. The minimum absolute atomic E-state index is 0.303. The van der Waals surface area contributed by atoms with E-state index in [0.29, 0.717) is 11.5 Å². The predicted octanol–water partition coefficient (Wildman–Crippen LogP) is 4.13. The second kappa shape index (κ2) is 4.87. The summed E-state index contributed by atoms with van der Waals surface area (Å²) in [5.74, 6) is 0. The van der Waals surface area contributed by atoms with Crippen LogP contribution in [0.4, 0.5) is 0 Å². The van der Waals surface area contributed by atoms with Crippen molar-refractivity contribution in [3.8, 4) is 0 Å². The van der Waals surface area contributed by atoms with E-state index in [1.54, 1.807) is 11.3 Å². The number of thiophene rings is 1. The van der Waals surface area contributed by atoms with Gasteiger partial charge in [0.2, 0.25) is 0 Å². The SMILES string of the molecule is CNC(c1ccsc1)C1(c2ccccc2)CCC1. The zero-order valence-electron chi connectivity index (χ0n) is 10.7. The summed E-state index contributed by atoms with van der Waals surface area (Å²) in [5.41, 5.74) is 3.23. The lowest BCUT2D eigenvalue weighted by atomic mass is 9.59. The quantitative estimate of drug-likeness (QED) is 0.868. The molecule has 1 N–H and O–H groups in total. The first-order valence-corrected chi connectivity index (χ1v) is 7.56. The molecule has 1 aliphatic carbocycles. The second-order valence-electron chi connectivity index (χ2n) is 5.15. The van der Waals surface area contributed by atoms with Crippen LogP contribution in [0.1, 0.15) is 36.4 Å². The number of nitrogens with one attached hydrogen (secondary N) is 1. The van der Waals surface area contributed by atoms with E-state index in [-0.39, 0.29) is 0 Å². The summed E-state index contributed by atoms with van der Waals surface area (Å²) in [7, 11) is 2.09. The lowest BCUT2D eigenvalue weighted by Gasteiger charge is -2.48. The minimum atomic E-state index is 0.303. The summed E-state index contributed by atoms with van der Waals surface area (Å²) >= 11 is 1.79. The van der Waals surface area contributed by atoms with Crippen molar-refractivity contribution < 1.29 is 0 Å². The Labute approximate surface area is 113 Å². The van der Waals surface area contributed by atoms with Crippen LogP contribution in [-0.4, -0.2) is 7.05 Å². The molecule has 2 aromatic rings. The molecule has 1 saturated carbocycles. The summed E-state index contributed by atoms with van der Waals surface area (Å²) in [6.07, 6.45) is 3.92. The van der Waals surface area contributed by atoms with Crippen LogP contribution in [0.15, 0.2) is 47.2 Å². The van der Waals surface area contributed by atoms with Crippen molar-refractivity contribution in [2.45, 2.75) is 30.7 Å². The first-order valence-electron chi connectivity index (χ1n) is 6.62. The molecule has 94 valence electrons. The number of hydrogen-bond acceptors (Lipinski definition) is 2. The molecule has 3 rings (SSSR count). The van der Waals surface area contributed by atoms with Crippen LogP contribution < -0.4 is 5.32 Å². The molecule has 0 spiro atoms. The largest absolute Gasteiger partial charge is 0.312 e. The maximum Gasteiger partial charge on any atom is 0.0424 e. The summed E-state index contributed by atoms with van der Waals surface area (Å²) in [6.45, 7) is 0. The highest BCUT2D eigenvalue weighted by atomic mass is 32.1. The minimum Gasteiger partial charge on any atom is -0.312 e. The van der Waals surface area contributed by atoms with Gasteiger partial charge in [-0.05, 0) is 47.8 Å². The van der Waals surface area contributed by atoms with Crippen LogP contribution in [0.25, 0.3) is 0 Å². The summed E-state index contributed by atoms with van der Waals surface area (Å²) in [4.78, 5) is 0. The Morgan fingerprint density at radius 2 is 1.94 bits per heavy atom. The van der Waals surface area contributed by atoms with Crippen molar-refractivity contribution in [1.29, 1.82) is 0 Å². The van der Waals surface area contributed by atoms with Gasteiger partial charge >= 0.3 is 0 Å². The molecule has 1 unspecified atom stereocenters. The molecule has 0 amide bonds. The number of hydrogen-bond donors (Lipinski definition) is 1. The maximum absolute atomic E-state index is 3.55. The van der Waals surface area contributed by atoms with Gasteiger partial charge in [-0.3, -0.25) is 0 Å². The lowest BCUT2D eigenvalue weighted by Crippen LogP contribution is -2.45. The van der Waals surface area contributed by atoms with Crippen molar-refractivity contribution in [1.82, 2.24) is 5.32 Å². The van der Waals surface area contributed by atoms with E-state index in [1.165, 1.54) is 30.4 Å². The topological polar surface area (TPSA) is 12.0 Å². The fraction of sp³-hybridized carbons (Fsp3) is 0.375. The van der Waals surface area contributed by atoms with E-state index in [9.17, 15) is 0 Å². The Kier molecular flexibility index (Phi) is 3.23. The normalized spacial score (nSPS) is 19.2. The molecule has 1 heterocycles. The third-order valence-electron chi connectivity index (χ3n) is 4.31. The first kappa shape index (κ1) is 11.9. The number of rotatable bonds is 4. The standard InChI is InChI=1S/C16H19NS/c1-17-15(13-8-11-18-12-13)16(9-5-10-16)14-6-3-2-4-7-14/h2-4,6-8,11-12,15,17H,5,9-10H2,1H3. The third kappa shape index (κ3) is 1.80. The molecule has 2 heteroatoms. The van der Waals surface area contributed by atoms with E-state index in [2.05, 4.69) is 59.5 Å². The zero-order chi connectivity index (χ0) is 12.4. The van der Waals surface area contributed by atoms with E-state index in [1.807, 2.05) is 0 Å². The van der Waals surface area contributed by atoms with Crippen LogP contribution in [-0.2, 0) is 5.41 Å². The Morgan fingerprint density at radius 1 is 1.17 bits per heavy atom. The Bertz CT molecular complexity index is 485. The molecular weight excluding hydrogens is 238 g/mol. The highest BCUT2D eigenvalue weighted by molar-refractivity contribution is 7.07. The van der Waals surface area contributed by atoms with Gasteiger partial charge in [0.1, 0.15) is 0 Å². The Hall–Kier alpha value is -1.12. The molecule has 0 saturated heterocycles. The Morgan fingerprint density at radius 3 is 2.44 bits per heavy atom. The molecule has 0 radical (unpaired) electrons. The summed E-state index contributed by atoms with van der Waals surface area (Å²) < 4.78 is 0. The Balaban J connectivity index is 2.01. The van der Waals surface area contributed by atoms with Crippen LogP contribution in [0.2, 0.25) is 0 Å². The van der Waals surface area contributed by atoms with Gasteiger partial charge in [-0.1, -0.05) is 36.8 Å². The first-order chi connectivity index (χ1) is 8.87. The van der Waals surface area contributed by atoms with Gasteiger partial charge in [-0.15, -0.1) is 0 Å². The van der Waals surface area contributed by atoms with Crippen molar-refractivity contribution in [2.24, 2.45) is 0 Å². The smallest absolute Gasteiger partial charge is 0.0424 e. The highest BCUT2D eigenvalue weighted by Crippen LogP contribution is 2.52. The van der Waals surface area contributed by atoms with Crippen molar-refractivity contribution >= 4 is 11.3 Å². The van der Waals surface area contributed by atoms with Gasteiger partial charge < -0.3 is 5.32 Å². The molecule has 18 heavy (non-hydrogen) atoms. The number of likely N-dealkylation sites (N-methyl/N-ethyl adjacent to an activating group) is 1. The molecule has 1 aliphatic rings. The van der Waals surface area contributed by atoms with E-state index in [4.69, 9.17) is 0 Å². The van der Waals surface area contributed by atoms with Crippen LogP contribution in [0.3, 0.4) is 0 Å². The van der Waals surface area contributed by atoms with E-state index < -0.39 is 0 Å². The van der Waals surface area contributed by atoms with Gasteiger partial charge in [0.05, 0.1) is 0 Å². The highest BCUT2D eigenvalue weighted by Gasteiger charge is 2.45. The molecule has 1 nitrogen and oxygen atoms in total. The number of benzene rings is 1. The summed E-state index contributed by atoms with van der Waals surface area (Å²) in [5, 5.41) is 8.01. The molecule has 0 aliphatic heterocycles. The van der Waals surface area contributed by atoms with Crippen molar-refractivity contribution in [2.75, 3.05) is 7.05 Å².